The topological polar surface area (TPSA) is 44.5 Å². The van der Waals surface area contributed by atoms with Crippen LogP contribution in [0.3, 0.4) is 0 Å². The number of hydrogen-bond donors (Lipinski definition) is 1. The molecule has 0 saturated heterocycles. The van der Waals surface area contributed by atoms with Crippen LogP contribution < -0.4 is 15.2 Å². The summed E-state index contributed by atoms with van der Waals surface area (Å²) < 4.78 is 24.6. The number of rotatable bonds is 6. The van der Waals surface area contributed by atoms with Crippen molar-refractivity contribution in [1.82, 2.24) is 0 Å². The molecule has 4 heteroatoms. The van der Waals surface area contributed by atoms with Crippen molar-refractivity contribution in [2.45, 2.75) is 20.0 Å². The molecule has 106 valence electrons. The fourth-order valence-electron chi connectivity index (χ4n) is 1.76. The van der Waals surface area contributed by atoms with Crippen molar-refractivity contribution in [3.05, 3.63) is 53.8 Å². The Morgan fingerprint density at radius 3 is 2.40 bits per heavy atom. The van der Waals surface area contributed by atoms with E-state index in [0.29, 0.717) is 29.4 Å². The van der Waals surface area contributed by atoms with E-state index < -0.39 is 0 Å². The molecule has 0 aliphatic heterocycles. The minimum Gasteiger partial charge on any atom is -0.491 e. The van der Waals surface area contributed by atoms with E-state index in [1.165, 1.54) is 6.07 Å². The highest BCUT2D eigenvalue weighted by molar-refractivity contribution is 5.62. The zero-order valence-electron chi connectivity index (χ0n) is 11.4. The molecule has 2 rings (SSSR count). The van der Waals surface area contributed by atoms with Gasteiger partial charge in [0.05, 0.1) is 6.61 Å². The second kappa shape index (κ2) is 6.80. The summed E-state index contributed by atoms with van der Waals surface area (Å²) in [5.74, 6) is 0.809. The van der Waals surface area contributed by atoms with Gasteiger partial charge in [-0.15, -0.1) is 0 Å². The Morgan fingerprint density at radius 2 is 1.70 bits per heavy atom. The summed E-state index contributed by atoms with van der Waals surface area (Å²) in [5, 5.41) is 0. The minimum absolute atomic E-state index is 0.133. The molecule has 0 heterocycles. The second-order valence-corrected chi connectivity index (χ2v) is 4.40. The van der Waals surface area contributed by atoms with Crippen LogP contribution in [0, 0.1) is 5.82 Å². The third-order valence-electron chi connectivity index (χ3n) is 2.83. The van der Waals surface area contributed by atoms with Crippen LogP contribution in [0.4, 0.5) is 10.1 Å². The van der Waals surface area contributed by atoms with Crippen molar-refractivity contribution in [1.29, 1.82) is 0 Å². The first-order valence-corrected chi connectivity index (χ1v) is 6.60. The average Bonchev–Trinajstić information content (AvgIpc) is 2.46. The first-order valence-electron chi connectivity index (χ1n) is 6.60. The van der Waals surface area contributed by atoms with Gasteiger partial charge in [0.2, 0.25) is 0 Å². The maximum Gasteiger partial charge on any atom is 0.146 e. The van der Waals surface area contributed by atoms with Crippen molar-refractivity contribution >= 4 is 5.69 Å². The molecule has 0 radical (unpaired) electrons. The predicted octanol–water partition coefficient (Wildman–Crippen LogP) is 3.78. The lowest BCUT2D eigenvalue weighted by molar-refractivity contribution is 0.293. The highest BCUT2D eigenvalue weighted by Crippen LogP contribution is 2.32. The third-order valence-corrected chi connectivity index (χ3v) is 2.83. The highest BCUT2D eigenvalue weighted by Gasteiger charge is 2.08. The van der Waals surface area contributed by atoms with Crippen LogP contribution in [0.1, 0.15) is 18.9 Å². The summed E-state index contributed by atoms with van der Waals surface area (Å²) in [4.78, 5) is 0. The predicted molar refractivity (Wildman–Crippen MR) is 77.4 cm³/mol. The lowest BCUT2D eigenvalue weighted by Gasteiger charge is -2.13. The molecular formula is C16H18FNO2. The summed E-state index contributed by atoms with van der Waals surface area (Å²) in [6.07, 6.45) is 0.903. The number of halogens is 1. The van der Waals surface area contributed by atoms with Gasteiger partial charge in [-0.1, -0.05) is 31.2 Å². The number of benzene rings is 2. The number of hydrogen-bond acceptors (Lipinski definition) is 3. The number of ether oxygens (including phenoxy) is 2. The number of para-hydroxylation sites is 1. The van der Waals surface area contributed by atoms with Gasteiger partial charge in [0.15, 0.2) is 0 Å². The Bertz CT molecular complexity index is 572. The van der Waals surface area contributed by atoms with E-state index in [0.717, 1.165) is 6.42 Å². The Kier molecular flexibility index (Phi) is 4.82. The summed E-state index contributed by atoms with van der Waals surface area (Å²) >= 11 is 0. The lowest BCUT2D eigenvalue weighted by atomic mass is 10.2. The Morgan fingerprint density at radius 1 is 1.00 bits per heavy atom. The van der Waals surface area contributed by atoms with Gasteiger partial charge < -0.3 is 15.2 Å². The number of nitrogens with two attached hydrogens (primary N) is 1. The standard InChI is InChI=1S/C16H18FNO2/c1-2-10-19-14-8-5-9-15(16(14)18)20-11-12-6-3-4-7-13(12)17/h3-9H,2,10-11,18H2,1H3. The van der Waals surface area contributed by atoms with Crippen LogP contribution in [0.2, 0.25) is 0 Å². The molecule has 0 aliphatic rings. The molecule has 20 heavy (non-hydrogen) atoms. The van der Waals surface area contributed by atoms with Crippen LogP contribution in [0.25, 0.3) is 0 Å². The molecule has 2 N–H and O–H groups in total. The third kappa shape index (κ3) is 3.41. The van der Waals surface area contributed by atoms with Gasteiger partial charge in [0.1, 0.15) is 29.6 Å². The van der Waals surface area contributed by atoms with Gasteiger partial charge in [-0.3, -0.25) is 0 Å². The summed E-state index contributed by atoms with van der Waals surface area (Å²) in [5.41, 5.74) is 6.92. The van der Waals surface area contributed by atoms with Gasteiger partial charge in [-0.05, 0) is 24.6 Å². The fraction of sp³-hybridized carbons (Fsp3) is 0.250. The minimum atomic E-state index is -0.288. The summed E-state index contributed by atoms with van der Waals surface area (Å²) in [7, 11) is 0. The molecule has 2 aromatic rings. The van der Waals surface area contributed by atoms with Crippen molar-refractivity contribution in [2.24, 2.45) is 0 Å². The molecule has 0 fully saturated rings. The molecule has 3 nitrogen and oxygen atoms in total. The van der Waals surface area contributed by atoms with Gasteiger partial charge in [-0.25, -0.2) is 4.39 Å². The van der Waals surface area contributed by atoms with Crippen molar-refractivity contribution in [3.63, 3.8) is 0 Å². The van der Waals surface area contributed by atoms with Crippen LogP contribution in [-0.2, 0) is 6.61 Å². The van der Waals surface area contributed by atoms with Gasteiger partial charge in [-0.2, -0.15) is 0 Å². The average molecular weight is 275 g/mol. The van der Waals surface area contributed by atoms with E-state index in [2.05, 4.69) is 0 Å². The van der Waals surface area contributed by atoms with Crippen molar-refractivity contribution in [2.75, 3.05) is 12.3 Å². The SMILES string of the molecule is CCCOc1cccc(OCc2ccccc2F)c1N. The number of nitrogen functional groups attached to an aromatic ring is 1. The molecule has 2 aromatic carbocycles. The molecule has 0 unspecified atom stereocenters. The van der Waals surface area contributed by atoms with E-state index >= 15 is 0 Å². The molecule has 0 amide bonds. The van der Waals surface area contributed by atoms with Crippen LogP contribution in [0.5, 0.6) is 11.5 Å². The largest absolute Gasteiger partial charge is 0.491 e. The summed E-state index contributed by atoms with van der Waals surface area (Å²) in [6, 6.07) is 11.8. The first kappa shape index (κ1) is 14.2. The van der Waals surface area contributed by atoms with Crippen LogP contribution >= 0.6 is 0 Å². The second-order valence-electron chi connectivity index (χ2n) is 4.40. The van der Waals surface area contributed by atoms with E-state index in [-0.39, 0.29) is 12.4 Å². The highest BCUT2D eigenvalue weighted by atomic mass is 19.1. The smallest absolute Gasteiger partial charge is 0.146 e. The maximum atomic E-state index is 13.5. The lowest BCUT2D eigenvalue weighted by Crippen LogP contribution is -2.03. The van der Waals surface area contributed by atoms with E-state index in [9.17, 15) is 4.39 Å². The summed E-state index contributed by atoms with van der Waals surface area (Å²) in [6.45, 7) is 2.75. The van der Waals surface area contributed by atoms with Crippen LogP contribution in [-0.4, -0.2) is 6.61 Å². The molecule has 0 atom stereocenters. The van der Waals surface area contributed by atoms with E-state index in [1.54, 1.807) is 36.4 Å². The van der Waals surface area contributed by atoms with Gasteiger partial charge in [0.25, 0.3) is 0 Å². The van der Waals surface area contributed by atoms with E-state index in [4.69, 9.17) is 15.2 Å². The van der Waals surface area contributed by atoms with E-state index in [1.807, 2.05) is 6.92 Å². The molecule has 0 aromatic heterocycles. The molecule has 0 aliphatic carbocycles. The Labute approximate surface area is 118 Å². The fourth-order valence-corrected chi connectivity index (χ4v) is 1.76. The monoisotopic (exact) mass is 275 g/mol. The quantitative estimate of drug-likeness (QED) is 0.816. The molecule has 0 bridgehead atoms. The van der Waals surface area contributed by atoms with Crippen molar-refractivity contribution in [3.8, 4) is 11.5 Å². The zero-order valence-corrected chi connectivity index (χ0v) is 11.4. The van der Waals surface area contributed by atoms with Crippen LogP contribution in [0.15, 0.2) is 42.5 Å². The van der Waals surface area contributed by atoms with Gasteiger partial charge in [0, 0.05) is 5.56 Å². The molecule has 0 saturated carbocycles. The molecule has 0 spiro atoms. The number of anilines is 1. The maximum absolute atomic E-state index is 13.5. The molecular weight excluding hydrogens is 257 g/mol. The van der Waals surface area contributed by atoms with Gasteiger partial charge >= 0.3 is 0 Å². The zero-order chi connectivity index (χ0) is 14.4. The van der Waals surface area contributed by atoms with Crippen molar-refractivity contribution < 1.29 is 13.9 Å². The first-order chi connectivity index (χ1) is 9.72. The Balaban J connectivity index is 2.08. The normalized spacial score (nSPS) is 10.3. The Hall–Kier alpha value is -2.23.